The highest BCUT2D eigenvalue weighted by Gasteiger charge is 2.20. The van der Waals surface area contributed by atoms with Crippen molar-refractivity contribution in [1.82, 2.24) is 15.1 Å². The maximum absolute atomic E-state index is 12.9. The number of aromatic nitrogens is 2. The standard InChI is InChI=1S/C23H27N3O3/c1-6-11-24-23(27)21-14-19(18-10-9-17(28-4)13-22(18)29-5)25-26(21)20-12-15(2)7-8-16(20)3/h7-10,12-14H,6,11H2,1-5H3,(H,24,27). The molecule has 1 N–H and O–H groups in total. The summed E-state index contributed by atoms with van der Waals surface area (Å²) in [6.45, 7) is 6.67. The number of hydrogen-bond donors (Lipinski definition) is 1. The first-order valence-corrected chi connectivity index (χ1v) is 9.66. The zero-order valence-electron chi connectivity index (χ0n) is 17.6. The van der Waals surface area contributed by atoms with E-state index in [4.69, 9.17) is 14.6 Å². The van der Waals surface area contributed by atoms with Gasteiger partial charge in [0, 0.05) is 18.2 Å². The highest BCUT2D eigenvalue weighted by Crippen LogP contribution is 2.33. The first-order valence-electron chi connectivity index (χ1n) is 9.66. The number of methoxy groups -OCH3 is 2. The van der Waals surface area contributed by atoms with Crippen LogP contribution in [0.4, 0.5) is 0 Å². The average Bonchev–Trinajstić information content (AvgIpc) is 3.18. The number of nitrogens with zero attached hydrogens (tertiary/aromatic N) is 2. The van der Waals surface area contributed by atoms with E-state index in [1.165, 1.54) is 0 Å². The van der Waals surface area contributed by atoms with E-state index in [2.05, 4.69) is 5.32 Å². The van der Waals surface area contributed by atoms with Crippen LogP contribution in [0.25, 0.3) is 16.9 Å². The van der Waals surface area contributed by atoms with E-state index in [1.807, 2.05) is 57.2 Å². The molecule has 3 rings (SSSR count). The van der Waals surface area contributed by atoms with E-state index in [0.29, 0.717) is 29.4 Å². The number of hydrogen-bond acceptors (Lipinski definition) is 4. The van der Waals surface area contributed by atoms with Crippen molar-refractivity contribution in [3.05, 3.63) is 59.3 Å². The average molecular weight is 393 g/mol. The number of ether oxygens (including phenoxy) is 2. The molecule has 0 saturated heterocycles. The number of amides is 1. The molecule has 2 aromatic carbocycles. The third-order valence-corrected chi connectivity index (χ3v) is 4.76. The molecule has 0 aliphatic rings. The number of carbonyl (C=O) groups excluding carboxylic acids is 1. The molecule has 0 saturated carbocycles. The van der Waals surface area contributed by atoms with Crippen LogP contribution in [0, 0.1) is 13.8 Å². The summed E-state index contributed by atoms with van der Waals surface area (Å²) < 4.78 is 12.5. The molecule has 29 heavy (non-hydrogen) atoms. The zero-order chi connectivity index (χ0) is 21.0. The van der Waals surface area contributed by atoms with Crippen molar-refractivity contribution in [1.29, 1.82) is 0 Å². The lowest BCUT2D eigenvalue weighted by molar-refractivity contribution is 0.0946. The van der Waals surface area contributed by atoms with Gasteiger partial charge < -0.3 is 14.8 Å². The van der Waals surface area contributed by atoms with E-state index >= 15 is 0 Å². The van der Waals surface area contributed by atoms with Gasteiger partial charge in [-0.2, -0.15) is 5.10 Å². The molecule has 6 nitrogen and oxygen atoms in total. The van der Waals surface area contributed by atoms with Gasteiger partial charge in [0.25, 0.3) is 5.91 Å². The second-order valence-corrected chi connectivity index (χ2v) is 6.94. The molecule has 0 aliphatic carbocycles. The molecule has 1 amide bonds. The van der Waals surface area contributed by atoms with Crippen LogP contribution in [0.15, 0.2) is 42.5 Å². The number of aryl methyl sites for hydroxylation is 2. The summed E-state index contributed by atoms with van der Waals surface area (Å²) in [6, 6.07) is 13.5. The van der Waals surface area contributed by atoms with Crippen LogP contribution in [0.5, 0.6) is 11.5 Å². The predicted octanol–water partition coefficient (Wildman–Crippen LogP) is 4.31. The van der Waals surface area contributed by atoms with Crippen LogP contribution in [0.2, 0.25) is 0 Å². The fourth-order valence-electron chi connectivity index (χ4n) is 3.14. The zero-order valence-corrected chi connectivity index (χ0v) is 17.6. The molecule has 1 heterocycles. The molecule has 1 aromatic heterocycles. The van der Waals surface area contributed by atoms with Gasteiger partial charge in [0.05, 0.1) is 25.6 Å². The van der Waals surface area contributed by atoms with Gasteiger partial charge in [-0.05, 0) is 55.7 Å². The molecule has 0 fully saturated rings. The SMILES string of the molecule is CCCNC(=O)c1cc(-c2ccc(OC)cc2OC)nn1-c1cc(C)ccc1C. The first kappa shape index (κ1) is 20.5. The Morgan fingerprint density at radius 3 is 2.55 bits per heavy atom. The van der Waals surface area contributed by atoms with Crippen molar-refractivity contribution in [2.75, 3.05) is 20.8 Å². The topological polar surface area (TPSA) is 65.4 Å². The summed E-state index contributed by atoms with van der Waals surface area (Å²) in [5, 5.41) is 7.73. The van der Waals surface area contributed by atoms with Crippen LogP contribution < -0.4 is 14.8 Å². The molecule has 152 valence electrons. The Labute approximate surface area is 171 Å². The van der Waals surface area contributed by atoms with Crippen LogP contribution in [-0.2, 0) is 0 Å². The molecule has 0 unspecified atom stereocenters. The van der Waals surface area contributed by atoms with Gasteiger partial charge in [-0.1, -0.05) is 19.1 Å². The van der Waals surface area contributed by atoms with Gasteiger partial charge in [0.2, 0.25) is 0 Å². The van der Waals surface area contributed by atoms with E-state index in [0.717, 1.165) is 28.8 Å². The summed E-state index contributed by atoms with van der Waals surface area (Å²) in [4.78, 5) is 12.9. The number of carbonyl (C=O) groups is 1. The van der Waals surface area contributed by atoms with Crippen LogP contribution in [-0.4, -0.2) is 36.5 Å². The van der Waals surface area contributed by atoms with E-state index in [1.54, 1.807) is 25.0 Å². The van der Waals surface area contributed by atoms with E-state index < -0.39 is 0 Å². The molecule has 0 spiro atoms. The maximum Gasteiger partial charge on any atom is 0.270 e. The summed E-state index contributed by atoms with van der Waals surface area (Å²) in [7, 11) is 3.22. The molecular weight excluding hydrogens is 366 g/mol. The second-order valence-electron chi connectivity index (χ2n) is 6.94. The predicted molar refractivity (Wildman–Crippen MR) is 114 cm³/mol. The lowest BCUT2D eigenvalue weighted by Crippen LogP contribution is -2.26. The molecular formula is C23H27N3O3. The highest BCUT2D eigenvalue weighted by atomic mass is 16.5. The Morgan fingerprint density at radius 1 is 1.07 bits per heavy atom. The van der Waals surface area contributed by atoms with Crippen molar-refractivity contribution in [3.8, 4) is 28.4 Å². The Morgan fingerprint density at radius 2 is 1.86 bits per heavy atom. The Balaban J connectivity index is 2.17. The smallest absolute Gasteiger partial charge is 0.270 e. The highest BCUT2D eigenvalue weighted by molar-refractivity contribution is 5.94. The molecule has 3 aromatic rings. The van der Waals surface area contributed by atoms with Gasteiger partial charge in [-0.3, -0.25) is 4.79 Å². The van der Waals surface area contributed by atoms with E-state index in [9.17, 15) is 4.79 Å². The second kappa shape index (κ2) is 8.82. The quantitative estimate of drug-likeness (QED) is 0.649. The summed E-state index contributed by atoms with van der Waals surface area (Å²) >= 11 is 0. The Bertz CT molecular complexity index is 1020. The minimum Gasteiger partial charge on any atom is -0.497 e. The largest absolute Gasteiger partial charge is 0.497 e. The monoisotopic (exact) mass is 393 g/mol. The van der Waals surface area contributed by atoms with Crippen LogP contribution >= 0.6 is 0 Å². The summed E-state index contributed by atoms with van der Waals surface area (Å²) in [6.07, 6.45) is 0.864. The van der Waals surface area contributed by atoms with Gasteiger partial charge in [-0.25, -0.2) is 4.68 Å². The van der Waals surface area contributed by atoms with Crippen LogP contribution in [0.3, 0.4) is 0 Å². The molecule has 0 bridgehead atoms. The summed E-state index contributed by atoms with van der Waals surface area (Å²) in [5.74, 6) is 1.18. The van der Waals surface area contributed by atoms with Crippen molar-refractivity contribution >= 4 is 5.91 Å². The van der Waals surface area contributed by atoms with Gasteiger partial charge in [0.15, 0.2) is 0 Å². The number of benzene rings is 2. The van der Waals surface area contributed by atoms with Crippen molar-refractivity contribution in [2.45, 2.75) is 27.2 Å². The first-order chi connectivity index (χ1) is 14.0. The Hall–Kier alpha value is -3.28. The lowest BCUT2D eigenvalue weighted by atomic mass is 10.1. The van der Waals surface area contributed by atoms with E-state index in [-0.39, 0.29) is 5.91 Å². The lowest BCUT2D eigenvalue weighted by Gasteiger charge is -2.11. The third-order valence-electron chi connectivity index (χ3n) is 4.76. The molecule has 0 atom stereocenters. The van der Waals surface area contributed by atoms with Gasteiger partial charge in [0.1, 0.15) is 17.2 Å². The third kappa shape index (κ3) is 4.26. The van der Waals surface area contributed by atoms with Crippen molar-refractivity contribution < 1.29 is 14.3 Å². The van der Waals surface area contributed by atoms with Gasteiger partial charge >= 0.3 is 0 Å². The summed E-state index contributed by atoms with van der Waals surface area (Å²) in [5.41, 5.74) is 4.96. The minimum absolute atomic E-state index is 0.154. The number of nitrogens with one attached hydrogen (secondary N) is 1. The minimum atomic E-state index is -0.154. The van der Waals surface area contributed by atoms with Crippen LogP contribution in [0.1, 0.15) is 35.0 Å². The van der Waals surface area contributed by atoms with Gasteiger partial charge in [-0.15, -0.1) is 0 Å². The number of rotatable bonds is 7. The molecule has 0 radical (unpaired) electrons. The maximum atomic E-state index is 12.9. The normalized spacial score (nSPS) is 10.7. The fraction of sp³-hybridized carbons (Fsp3) is 0.304. The Kier molecular flexibility index (Phi) is 6.22. The molecule has 0 aliphatic heterocycles. The fourth-order valence-corrected chi connectivity index (χ4v) is 3.14. The van der Waals surface area contributed by atoms with Crippen molar-refractivity contribution in [2.24, 2.45) is 0 Å². The van der Waals surface area contributed by atoms with Crippen molar-refractivity contribution in [3.63, 3.8) is 0 Å². The molecule has 6 heteroatoms.